The van der Waals surface area contributed by atoms with Gasteiger partial charge in [0.1, 0.15) is 0 Å². The van der Waals surface area contributed by atoms with Crippen molar-refractivity contribution in [2.45, 2.75) is 50.6 Å². The summed E-state index contributed by atoms with van der Waals surface area (Å²) in [5.74, 6) is 0.991. The van der Waals surface area contributed by atoms with Crippen molar-refractivity contribution in [3.05, 3.63) is 65.5 Å². The summed E-state index contributed by atoms with van der Waals surface area (Å²) in [6, 6.07) is 14.6. The van der Waals surface area contributed by atoms with E-state index in [0.717, 1.165) is 30.5 Å². The Hall–Kier alpha value is -3.04. The molecule has 35 heavy (non-hydrogen) atoms. The van der Waals surface area contributed by atoms with Crippen molar-refractivity contribution in [3.8, 4) is 11.4 Å². The molecule has 0 aliphatic carbocycles. The van der Waals surface area contributed by atoms with Crippen molar-refractivity contribution in [1.82, 2.24) is 20.4 Å². The topological polar surface area (TPSA) is 105 Å². The van der Waals surface area contributed by atoms with E-state index in [1.165, 1.54) is 11.8 Å². The maximum absolute atomic E-state index is 13.1. The van der Waals surface area contributed by atoms with Crippen LogP contribution < -0.4 is 5.32 Å². The fraction of sp³-hybridized carbons (Fsp3) is 0.423. The van der Waals surface area contributed by atoms with Gasteiger partial charge in [-0.3, -0.25) is 9.69 Å². The molecule has 1 fully saturated rings. The number of nitrogens with zero attached hydrogens (tertiary/aromatic N) is 3. The minimum absolute atomic E-state index is 0.0135. The second-order valence-electron chi connectivity index (χ2n) is 9.26. The van der Waals surface area contributed by atoms with E-state index in [1.54, 1.807) is 24.3 Å². The molecule has 0 bridgehead atoms. The lowest BCUT2D eigenvalue weighted by molar-refractivity contribution is -0.127. The van der Waals surface area contributed by atoms with Crippen molar-refractivity contribution >= 4 is 15.7 Å². The number of nitrogens with one attached hydrogen (secondary N) is 1. The molecule has 1 amide bonds. The van der Waals surface area contributed by atoms with E-state index >= 15 is 0 Å². The Kier molecular flexibility index (Phi) is 7.66. The Balaban J connectivity index is 1.36. The third-order valence-corrected chi connectivity index (χ3v) is 7.58. The molecule has 1 N–H and O–H groups in total. The predicted octanol–water partition coefficient (Wildman–Crippen LogP) is 3.93. The van der Waals surface area contributed by atoms with E-state index in [2.05, 4.69) is 20.4 Å². The van der Waals surface area contributed by atoms with Crippen LogP contribution in [0.25, 0.3) is 11.4 Å². The maximum atomic E-state index is 13.1. The Morgan fingerprint density at radius 1 is 1.17 bits per heavy atom. The number of carbonyl (C=O) groups excluding carboxylic acids is 1. The zero-order chi connectivity index (χ0) is 25.0. The van der Waals surface area contributed by atoms with Gasteiger partial charge in [-0.25, -0.2) is 8.42 Å². The molecule has 0 radical (unpaired) electrons. The van der Waals surface area contributed by atoms with E-state index in [0.29, 0.717) is 31.2 Å². The van der Waals surface area contributed by atoms with Crippen LogP contribution in [0.4, 0.5) is 0 Å². The summed E-state index contributed by atoms with van der Waals surface area (Å²) in [5.41, 5.74) is 2.98. The number of aromatic nitrogens is 2. The predicted molar refractivity (Wildman–Crippen MR) is 133 cm³/mol. The monoisotopic (exact) mass is 496 g/mol. The summed E-state index contributed by atoms with van der Waals surface area (Å²) in [6.45, 7) is 6.04. The number of carbonyl (C=O) groups is 1. The van der Waals surface area contributed by atoms with Gasteiger partial charge in [-0.15, -0.1) is 0 Å². The number of sulfone groups is 1. The van der Waals surface area contributed by atoms with Crippen LogP contribution >= 0.6 is 0 Å². The highest BCUT2D eigenvalue weighted by atomic mass is 32.2. The molecule has 2 unspecified atom stereocenters. The highest BCUT2D eigenvalue weighted by molar-refractivity contribution is 7.90. The second kappa shape index (κ2) is 10.7. The third kappa shape index (κ3) is 6.35. The largest absolute Gasteiger partial charge is 0.349 e. The normalized spacial score (nSPS) is 17.7. The van der Waals surface area contributed by atoms with E-state index < -0.39 is 9.84 Å². The summed E-state index contributed by atoms with van der Waals surface area (Å²) in [7, 11) is -3.25. The summed E-state index contributed by atoms with van der Waals surface area (Å²) in [5, 5.41) is 7.27. The van der Waals surface area contributed by atoms with Gasteiger partial charge in [-0.2, -0.15) is 4.98 Å². The zero-order valence-corrected chi connectivity index (χ0v) is 21.2. The van der Waals surface area contributed by atoms with Crippen molar-refractivity contribution in [3.63, 3.8) is 0 Å². The molecule has 1 saturated heterocycles. The molecule has 2 heterocycles. The lowest BCUT2D eigenvalue weighted by atomic mass is 9.95. The average Bonchev–Trinajstić information content (AvgIpc) is 3.31. The van der Waals surface area contributed by atoms with Crippen LogP contribution in [-0.4, -0.2) is 48.7 Å². The molecule has 0 spiro atoms. The SMILES string of the molecule is CCC(NC(=O)C1CCCN(Cc2nc(-c3ccc(C)cc3)no2)C1)c1ccc(S(C)(=O)=O)cc1. The van der Waals surface area contributed by atoms with Gasteiger partial charge in [0.05, 0.1) is 23.4 Å². The minimum Gasteiger partial charge on any atom is -0.349 e. The van der Waals surface area contributed by atoms with Gasteiger partial charge in [-0.05, 0) is 50.4 Å². The standard InChI is InChI=1S/C26H32N4O4S/c1-4-23(19-11-13-22(14-12-19)35(3,32)33)27-26(31)21-6-5-15-30(16-21)17-24-28-25(29-34-24)20-9-7-18(2)8-10-20/h7-14,21,23H,4-6,15-17H2,1-3H3,(H,27,31). The first kappa shape index (κ1) is 25.1. The van der Waals surface area contributed by atoms with Crippen LogP contribution in [0.3, 0.4) is 0 Å². The van der Waals surface area contributed by atoms with Crippen LogP contribution in [0, 0.1) is 12.8 Å². The lowest BCUT2D eigenvalue weighted by Crippen LogP contribution is -2.43. The Morgan fingerprint density at radius 2 is 1.89 bits per heavy atom. The molecule has 1 aromatic heterocycles. The molecule has 8 nitrogen and oxygen atoms in total. The van der Waals surface area contributed by atoms with E-state index in [4.69, 9.17) is 4.52 Å². The van der Waals surface area contributed by atoms with Crippen molar-refractivity contribution in [2.24, 2.45) is 5.92 Å². The first-order chi connectivity index (χ1) is 16.7. The molecule has 9 heteroatoms. The van der Waals surface area contributed by atoms with Crippen molar-refractivity contribution in [1.29, 1.82) is 0 Å². The number of hydrogen-bond donors (Lipinski definition) is 1. The number of benzene rings is 2. The number of hydrogen-bond acceptors (Lipinski definition) is 7. The minimum atomic E-state index is -3.25. The summed E-state index contributed by atoms with van der Waals surface area (Å²) in [6.07, 6.45) is 3.64. The number of rotatable bonds is 8. The van der Waals surface area contributed by atoms with Gasteiger partial charge in [0, 0.05) is 18.4 Å². The number of piperidine rings is 1. The number of likely N-dealkylation sites (tertiary alicyclic amines) is 1. The highest BCUT2D eigenvalue weighted by Gasteiger charge is 2.28. The Morgan fingerprint density at radius 3 is 2.54 bits per heavy atom. The summed E-state index contributed by atoms with van der Waals surface area (Å²) >= 11 is 0. The average molecular weight is 497 g/mol. The van der Waals surface area contributed by atoms with Crippen LogP contribution in [0.5, 0.6) is 0 Å². The highest BCUT2D eigenvalue weighted by Crippen LogP contribution is 2.24. The smallest absolute Gasteiger partial charge is 0.241 e. The van der Waals surface area contributed by atoms with Gasteiger partial charge in [0.2, 0.25) is 17.6 Å². The molecular formula is C26H32N4O4S. The lowest BCUT2D eigenvalue weighted by Gasteiger charge is -2.32. The van der Waals surface area contributed by atoms with Gasteiger partial charge >= 0.3 is 0 Å². The Labute approximate surface area is 206 Å². The van der Waals surface area contributed by atoms with Gasteiger partial charge in [-0.1, -0.05) is 54.0 Å². The van der Waals surface area contributed by atoms with Crippen molar-refractivity contribution in [2.75, 3.05) is 19.3 Å². The van der Waals surface area contributed by atoms with Gasteiger partial charge < -0.3 is 9.84 Å². The zero-order valence-electron chi connectivity index (χ0n) is 20.4. The van der Waals surface area contributed by atoms with Crippen molar-refractivity contribution < 1.29 is 17.7 Å². The molecule has 1 aliphatic rings. The molecule has 1 aliphatic heterocycles. The quantitative estimate of drug-likeness (QED) is 0.504. The van der Waals surface area contributed by atoms with Gasteiger partial charge in [0.25, 0.3) is 0 Å². The number of aryl methyl sites for hydroxylation is 1. The van der Waals surface area contributed by atoms with Crippen LogP contribution in [0.1, 0.15) is 49.2 Å². The van der Waals surface area contributed by atoms with Crippen LogP contribution in [0.2, 0.25) is 0 Å². The van der Waals surface area contributed by atoms with E-state index in [9.17, 15) is 13.2 Å². The Bertz CT molecular complexity index is 1250. The van der Waals surface area contributed by atoms with Crippen LogP contribution in [0.15, 0.2) is 57.9 Å². The fourth-order valence-electron chi connectivity index (χ4n) is 4.40. The summed E-state index contributed by atoms with van der Waals surface area (Å²) < 4.78 is 28.9. The molecular weight excluding hydrogens is 464 g/mol. The first-order valence-electron chi connectivity index (χ1n) is 12.0. The van der Waals surface area contributed by atoms with E-state index in [-0.39, 0.29) is 22.8 Å². The number of amides is 1. The molecule has 2 atom stereocenters. The molecule has 3 aromatic rings. The molecule has 4 rings (SSSR count). The first-order valence-corrected chi connectivity index (χ1v) is 13.8. The van der Waals surface area contributed by atoms with E-state index in [1.807, 2.05) is 38.1 Å². The third-order valence-electron chi connectivity index (χ3n) is 6.45. The maximum Gasteiger partial charge on any atom is 0.241 e. The second-order valence-corrected chi connectivity index (χ2v) is 11.3. The fourth-order valence-corrected chi connectivity index (χ4v) is 5.03. The molecule has 0 saturated carbocycles. The van der Waals surface area contributed by atoms with Gasteiger partial charge in [0.15, 0.2) is 9.84 Å². The molecule has 2 aromatic carbocycles. The summed E-state index contributed by atoms with van der Waals surface area (Å²) in [4.78, 5) is 20.1. The molecule has 186 valence electrons. The van der Waals surface area contributed by atoms with Crippen LogP contribution in [-0.2, 0) is 21.2 Å².